The summed E-state index contributed by atoms with van der Waals surface area (Å²) < 4.78 is 64.9. The summed E-state index contributed by atoms with van der Waals surface area (Å²) in [6, 6.07) is 43.3. The van der Waals surface area contributed by atoms with Gasteiger partial charge in [0.15, 0.2) is 17.5 Å². The minimum atomic E-state index is -0.196. The minimum absolute atomic E-state index is 0.0559. The van der Waals surface area contributed by atoms with E-state index in [1.165, 1.54) is 12.1 Å². The summed E-state index contributed by atoms with van der Waals surface area (Å²) in [6.07, 6.45) is 0. The van der Waals surface area contributed by atoms with Crippen molar-refractivity contribution in [3.63, 3.8) is 0 Å². The molecule has 0 fully saturated rings. The van der Waals surface area contributed by atoms with Crippen LogP contribution in [0.2, 0.25) is 0 Å². The van der Waals surface area contributed by atoms with Crippen molar-refractivity contribution in [3.8, 4) is 56.4 Å². The van der Waals surface area contributed by atoms with Crippen molar-refractivity contribution in [2.24, 2.45) is 0 Å². The minimum Gasteiger partial charge on any atom is -0.456 e. The summed E-state index contributed by atoms with van der Waals surface area (Å²) in [5, 5.41) is 3.36. The van der Waals surface area contributed by atoms with E-state index in [1.54, 1.807) is 6.07 Å². The molecule has 0 spiro atoms. The fraction of sp³-hybridized carbons (Fsp3) is 0. The summed E-state index contributed by atoms with van der Waals surface area (Å²) in [4.78, 5) is 14.8. The van der Waals surface area contributed by atoms with Gasteiger partial charge in [0.05, 0.1) is 8.22 Å². The number of fused-ring (bicyclic) bond motifs is 8. The van der Waals surface area contributed by atoms with Crippen LogP contribution in [0.15, 0.2) is 185 Å². The van der Waals surface area contributed by atoms with Crippen LogP contribution < -0.4 is 0 Å². The van der Waals surface area contributed by atoms with Gasteiger partial charge in [-0.15, -0.1) is 0 Å². The van der Waals surface area contributed by atoms with E-state index in [4.69, 9.17) is 32.0 Å². The number of hydrogen-bond donors (Lipinski definition) is 0. The Morgan fingerprint density at radius 1 is 0.389 bits per heavy atom. The Morgan fingerprint density at radius 2 is 1.04 bits per heavy atom. The number of aromatic nitrogens is 3. The maximum absolute atomic E-state index is 9.06. The summed E-state index contributed by atoms with van der Waals surface area (Å²) in [7, 11) is 0. The highest BCUT2D eigenvalue weighted by molar-refractivity contribution is 6.19. The van der Waals surface area contributed by atoms with E-state index < -0.39 is 0 Å². The first-order valence-electron chi connectivity index (χ1n) is 20.5. The first kappa shape index (κ1) is 24.8. The lowest BCUT2D eigenvalue weighted by molar-refractivity contribution is 0.669. The normalized spacial score (nSPS) is 13.3. The van der Waals surface area contributed by atoms with Gasteiger partial charge >= 0.3 is 0 Å². The smallest absolute Gasteiger partial charge is 0.164 e. The molecule has 8 aromatic carbocycles. The van der Waals surface area contributed by atoms with Gasteiger partial charge < -0.3 is 8.83 Å². The van der Waals surface area contributed by atoms with Crippen molar-refractivity contribution in [1.82, 2.24) is 15.0 Å². The molecule has 0 atom stereocenters. The molecular formula is C49H29N3O2. The largest absolute Gasteiger partial charge is 0.456 e. The number of furan rings is 2. The Bertz CT molecular complexity index is 3550. The first-order valence-corrected chi connectivity index (χ1v) is 17.5. The van der Waals surface area contributed by atoms with Crippen LogP contribution in [0, 0.1) is 0 Å². The highest BCUT2D eigenvalue weighted by Gasteiger charge is 2.18. The van der Waals surface area contributed by atoms with Gasteiger partial charge in [0.25, 0.3) is 0 Å². The highest BCUT2D eigenvalue weighted by Crippen LogP contribution is 2.41. The molecule has 11 rings (SSSR count). The van der Waals surface area contributed by atoms with E-state index in [0.717, 1.165) is 38.6 Å². The Balaban J connectivity index is 1.05. The second kappa shape index (κ2) is 12.1. The van der Waals surface area contributed by atoms with Crippen molar-refractivity contribution in [2.75, 3.05) is 0 Å². The monoisotopic (exact) mass is 697 g/mol. The maximum Gasteiger partial charge on any atom is 0.164 e. The Kier molecular flexibility index (Phi) is 5.55. The second-order valence-electron chi connectivity index (χ2n) is 13.1. The van der Waals surface area contributed by atoms with Gasteiger partial charge in [-0.1, -0.05) is 145 Å². The summed E-state index contributed by atoms with van der Waals surface area (Å²) >= 11 is 0. The molecule has 0 saturated carbocycles. The SMILES string of the molecule is [2H]c1cc2oc3c4ccc([2H])c([2H])c4c([2H])c([2H])c3c2c(-c2ccc(-c3nc(-c4ccccc4)nc(-c4ccc5c(c4)oc4cccc(-c6ccccc6)c45)n3)cc2)c1[2H]. The van der Waals surface area contributed by atoms with Gasteiger partial charge in [-0.25, -0.2) is 15.0 Å². The highest BCUT2D eigenvalue weighted by atomic mass is 16.3. The molecule has 0 radical (unpaired) electrons. The molecule has 3 aromatic heterocycles. The van der Waals surface area contributed by atoms with Crippen molar-refractivity contribution in [3.05, 3.63) is 176 Å². The number of hydrogen-bond acceptors (Lipinski definition) is 5. The van der Waals surface area contributed by atoms with Crippen LogP contribution in [0.3, 0.4) is 0 Å². The van der Waals surface area contributed by atoms with Gasteiger partial charge in [0.2, 0.25) is 0 Å². The maximum atomic E-state index is 9.06. The summed E-state index contributed by atoms with van der Waals surface area (Å²) in [6.45, 7) is 0. The van der Waals surface area contributed by atoms with Crippen LogP contribution in [-0.2, 0) is 0 Å². The molecule has 0 saturated heterocycles. The molecule has 0 aliphatic heterocycles. The summed E-state index contributed by atoms with van der Waals surface area (Å²) in [5.41, 5.74) is 7.51. The van der Waals surface area contributed by atoms with E-state index in [0.29, 0.717) is 61.5 Å². The molecule has 252 valence electrons. The van der Waals surface area contributed by atoms with E-state index in [9.17, 15) is 0 Å². The molecule has 0 unspecified atom stereocenters. The lowest BCUT2D eigenvalue weighted by Gasteiger charge is -2.10. The average molecular weight is 698 g/mol. The summed E-state index contributed by atoms with van der Waals surface area (Å²) in [5.74, 6) is 1.39. The standard InChI is InChI=1S/C49H29N3O2/c1-3-11-30(12-4-1)36-17-9-19-41-44(36)39-27-26-35(29-43(39)53-41)49-51-47(33-14-5-2-6-15-33)50-48(52-49)34-23-21-32(22-24-34)37-18-10-20-42-45(37)40-28-25-31-13-7-8-16-38(31)46(40)54-42/h1-29H/i7D,10D,13D,18D,25D,28D. The molecule has 3 heterocycles. The molecule has 0 bridgehead atoms. The van der Waals surface area contributed by atoms with Crippen molar-refractivity contribution in [1.29, 1.82) is 0 Å². The van der Waals surface area contributed by atoms with E-state index in [2.05, 4.69) is 24.3 Å². The fourth-order valence-electron chi connectivity index (χ4n) is 7.32. The van der Waals surface area contributed by atoms with Crippen LogP contribution in [0.4, 0.5) is 0 Å². The third-order valence-corrected chi connectivity index (χ3v) is 9.88. The fourth-order valence-corrected chi connectivity index (χ4v) is 7.32. The van der Waals surface area contributed by atoms with E-state index in [-0.39, 0.29) is 47.2 Å². The second-order valence-corrected chi connectivity index (χ2v) is 13.1. The zero-order valence-electron chi connectivity index (χ0n) is 34.4. The van der Waals surface area contributed by atoms with Gasteiger partial charge in [0.1, 0.15) is 22.3 Å². The average Bonchev–Trinajstić information content (AvgIpc) is 3.86. The zero-order chi connectivity index (χ0) is 40.8. The van der Waals surface area contributed by atoms with Gasteiger partial charge in [-0.3, -0.25) is 0 Å². The van der Waals surface area contributed by atoms with Gasteiger partial charge in [0, 0.05) is 43.6 Å². The molecule has 54 heavy (non-hydrogen) atoms. The lowest BCUT2D eigenvalue weighted by Crippen LogP contribution is -2.00. The van der Waals surface area contributed by atoms with Crippen molar-refractivity contribution < 1.29 is 17.1 Å². The Labute approximate surface area is 318 Å². The Morgan fingerprint density at radius 3 is 1.83 bits per heavy atom. The first-order chi connectivity index (χ1) is 29.2. The molecule has 0 N–H and O–H groups in total. The number of nitrogens with zero attached hydrogens (tertiary/aromatic N) is 3. The molecule has 11 aromatic rings. The molecule has 0 amide bonds. The van der Waals surface area contributed by atoms with Crippen molar-refractivity contribution >= 4 is 54.6 Å². The predicted molar refractivity (Wildman–Crippen MR) is 219 cm³/mol. The number of benzene rings is 8. The van der Waals surface area contributed by atoms with Crippen LogP contribution >= 0.6 is 0 Å². The van der Waals surface area contributed by atoms with E-state index in [1.807, 2.05) is 97.1 Å². The van der Waals surface area contributed by atoms with Crippen LogP contribution in [0.1, 0.15) is 8.22 Å². The van der Waals surface area contributed by atoms with Crippen molar-refractivity contribution in [2.45, 2.75) is 0 Å². The van der Waals surface area contributed by atoms with Crippen LogP contribution in [0.25, 0.3) is 111 Å². The van der Waals surface area contributed by atoms with Crippen LogP contribution in [0.5, 0.6) is 0 Å². The topological polar surface area (TPSA) is 65.0 Å². The third kappa shape index (κ3) is 4.90. The molecule has 0 aliphatic rings. The molecular weight excluding hydrogens is 663 g/mol. The van der Waals surface area contributed by atoms with Gasteiger partial charge in [-0.2, -0.15) is 0 Å². The van der Waals surface area contributed by atoms with Crippen LogP contribution in [-0.4, -0.2) is 15.0 Å². The number of rotatable bonds is 5. The quantitative estimate of drug-likeness (QED) is 0.179. The third-order valence-electron chi connectivity index (χ3n) is 9.88. The molecule has 0 aliphatic carbocycles. The lowest BCUT2D eigenvalue weighted by atomic mass is 9.97. The predicted octanol–water partition coefficient (Wildman–Crippen LogP) is 13.2. The zero-order valence-corrected chi connectivity index (χ0v) is 28.4. The Hall–Kier alpha value is -7.37. The molecule has 5 heteroatoms. The van der Waals surface area contributed by atoms with E-state index >= 15 is 0 Å². The molecule has 5 nitrogen and oxygen atoms in total. The van der Waals surface area contributed by atoms with Gasteiger partial charge in [-0.05, 0) is 57.9 Å².